The largest absolute Gasteiger partial charge is 0.493 e. The Hall–Kier alpha value is -7.08. The van der Waals surface area contributed by atoms with Crippen molar-refractivity contribution < 1.29 is 42.2 Å². The molecule has 4 saturated heterocycles. The van der Waals surface area contributed by atoms with Crippen molar-refractivity contribution in [3.63, 3.8) is 0 Å². The maximum atomic E-state index is 14.9. The number of rotatable bonds is 15. The lowest BCUT2D eigenvalue weighted by atomic mass is 9.59. The molecule has 2 aliphatic carbocycles. The van der Waals surface area contributed by atoms with Gasteiger partial charge in [0.1, 0.15) is 23.1 Å². The predicted octanol–water partition coefficient (Wildman–Crippen LogP) is 8.74. The van der Waals surface area contributed by atoms with Crippen LogP contribution in [0.15, 0.2) is 96.2 Å². The molecule has 8 heterocycles. The third kappa shape index (κ3) is 11.9. The molecule has 4 N–H and O–H groups in total. The third-order valence-electron chi connectivity index (χ3n) is 19.7. The van der Waals surface area contributed by atoms with E-state index in [1.54, 1.807) is 13.2 Å². The number of anilines is 5. The molecule has 7 aliphatic rings. The van der Waals surface area contributed by atoms with Crippen LogP contribution in [0, 0.1) is 34.3 Å². The second-order valence-corrected chi connectivity index (χ2v) is 27.1. The van der Waals surface area contributed by atoms with Crippen LogP contribution in [0.1, 0.15) is 97.8 Å². The van der Waals surface area contributed by atoms with E-state index in [2.05, 4.69) is 71.9 Å². The number of ether oxygens (including phenoxy) is 4. The number of morpholine rings is 1. The molecule has 3 aromatic carbocycles. The maximum absolute atomic E-state index is 14.9. The fraction of sp³-hybridized carbons (Fsp3) is 0.516. The number of hydrogen-bond donors (Lipinski definition) is 4. The summed E-state index contributed by atoms with van der Waals surface area (Å²) >= 11 is 0. The molecule has 1 amide bonds. The van der Waals surface area contributed by atoms with E-state index in [9.17, 15) is 28.4 Å². The minimum absolute atomic E-state index is 0.101. The second-order valence-electron chi connectivity index (χ2n) is 25.4. The lowest BCUT2D eigenvalue weighted by Crippen LogP contribution is -2.59. The number of methoxy groups -OCH3 is 1. The van der Waals surface area contributed by atoms with Gasteiger partial charge >= 0.3 is 0 Å². The Bertz CT molecular complexity index is 3590. The molecule has 0 bridgehead atoms. The average molecular weight is 1190 g/mol. The molecule has 5 aliphatic heterocycles. The van der Waals surface area contributed by atoms with Gasteiger partial charge in [-0.25, -0.2) is 18.1 Å². The highest BCUT2D eigenvalue weighted by Gasteiger charge is 2.50. The van der Waals surface area contributed by atoms with Crippen LogP contribution in [-0.4, -0.2) is 159 Å². The van der Waals surface area contributed by atoms with Gasteiger partial charge in [-0.15, -0.1) is 0 Å². The van der Waals surface area contributed by atoms with Gasteiger partial charge in [-0.1, -0.05) is 24.3 Å². The number of pyridine rings is 2. The van der Waals surface area contributed by atoms with Crippen LogP contribution in [0.5, 0.6) is 11.6 Å². The van der Waals surface area contributed by atoms with Crippen LogP contribution < -0.4 is 34.2 Å². The zero-order chi connectivity index (χ0) is 59.3. The summed E-state index contributed by atoms with van der Waals surface area (Å²) < 4.78 is 55.2. The number of H-pyrrole nitrogens is 1. The van der Waals surface area contributed by atoms with Crippen molar-refractivity contribution in [1.29, 1.82) is 0 Å². The summed E-state index contributed by atoms with van der Waals surface area (Å²) in [6.45, 7) is 14.0. The molecule has 0 unspecified atom stereocenters. The van der Waals surface area contributed by atoms with Crippen molar-refractivity contribution in [2.24, 2.45) is 17.3 Å². The van der Waals surface area contributed by atoms with E-state index >= 15 is 0 Å². The van der Waals surface area contributed by atoms with Crippen LogP contribution in [0.2, 0.25) is 0 Å². The van der Waals surface area contributed by atoms with E-state index in [1.165, 1.54) is 23.3 Å². The highest BCUT2D eigenvalue weighted by Crippen LogP contribution is 2.54. The minimum atomic E-state index is -4.65. The van der Waals surface area contributed by atoms with Crippen LogP contribution >= 0.6 is 0 Å². The van der Waals surface area contributed by atoms with Crippen LogP contribution in [0.25, 0.3) is 11.0 Å². The van der Waals surface area contributed by atoms with E-state index in [1.807, 2.05) is 48.5 Å². The molecule has 13 rings (SSSR count). The molecule has 6 aromatic rings. The second kappa shape index (κ2) is 23.9. The minimum Gasteiger partial charge on any atom is -0.493 e. The Balaban J connectivity index is 0.738. The topological polar surface area (TPSA) is 233 Å². The Labute approximate surface area is 502 Å². The van der Waals surface area contributed by atoms with E-state index in [0.29, 0.717) is 87.7 Å². The highest BCUT2D eigenvalue weighted by atomic mass is 32.2. The molecular weight excluding hydrogens is 1110 g/mol. The Morgan fingerprint density at radius 3 is 2.48 bits per heavy atom. The Morgan fingerprint density at radius 2 is 1.70 bits per heavy atom. The number of nitro benzene ring substituents is 1. The number of amides is 1. The molecule has 2 saturated carbocycles. The number of hydrogen-bond acceptors (Lipinski definition) is 18. The highest BCUT2D eigenvalue weighted by molar-refractivity contribution is 7.90. The molecule has 3 aromatic heterocycles. The van der Waals surface area contributed by atoms with Gasteiger partial charge in [0.2, 0.25) is 5.88 Å². The van der Waals surface area contributed by atoms with E-state index in [0.717, 1.165) is 125 Å². The van der Waals surface area contributed by atoms with Crippen molar-refractivity contribution in [3.05, 3.63) is 124 Å². The van der Waals surface area contributed by atoms with Crippen molar-refractivity contribution >= 4 is 61.2 Å². The molecule has 3 atom stereocenters. The lowest BCUT2D eigenvalue weighted by Gasteiger charge is -2.58. The average Bonchev–Trinajstić information content (AvgIpc) is 1.44. The number of aliphatic hydroxyl groups is 1. The quantitative estimate of drug-likeness (QED) is 0.0556. The van der Waals surface area contributed by atoms with Gasteiger partial charge in [0.15, 0.2) is 11.6 Å². The first kappa shape index (κ1) is 58.0. The summed E-state index contributed by atoms with van der Waals surface area (Å²) in [5.74, 6) is 1.25. The number of aromatic amines is 1. The summed E-state index contributed by atoms with van der Waals surface area (Å²) in [6, 6.07) is 24.8. The van der Waals surface area contributed by atoms with Gasteiger partial charge in [0.25, 0.3) is 21.6 Å². The number of aryl methyl sites for hydroxylation is 1. The SMILES string of the molecule is COc1cc(CN2CCN(C3CC4(CCN(c5ccc(C(=O)NS(=O)(=O)c6ccc(NCC7CCC(C)(O)CC7)c([N+](=O)[O-])c6)c(N6C[C@H]7COCC[C@@H]7Oc7nc8[nH]ccc8cc76)c5)CC4)C3)[C@H](c3ccccc3C)C2)cnc1N1CCOCC1. The standard InChI is InChI=1S/C64H79N11O10S/c1-42-6-4-5-7-50(42)56-40-70(38-44-30-58(82-3)60(67-37-44)72-25-28-83-29-26-72)23-24-73(56)48-34-64(35-48)18-21-71(22-19-64)47-8-10-51(53(32-47)74-39-46-41-84-27-15-57(46)85-62-55(74)31-45-14-20-65-59(45)68-62)61(76)69-86(80,81)49-9-11-52(54(33-49)75(78)79)66-36-43-12-16-63(2,77)17-13-43/h4-11,14,20,30-33,37,43,46,48,56-57,66,77H,12-13,15-19,21-29,34-36,38-41H2,1-3H3,(H,65,68)(H,69,76)/t43?,46-,56-,57-,63?/m0/s1. The number of piperidine rings is 1. The van der Waals surface area contributed by atoms with Crippen molar-refractivity contribution in [2.75, 3.05) is 112 Å². The zero-order valence-corrected chi connectivity index (χ0v) is 50.2. The summed E-state index contributed by atoms with van der Waals surface area (Å²) in [7, 11) is -2.92. The summed E-state index contributed by atoms with van der Waals surface area (Å²) in [6.07, 6.45) is 11.3. The van der Waals surface area contributed by atoms with Gasteiger partial charge < -0.3 is 49.1 Å². The molecule has 86 heavy (non-hydrogen) atoms. The first-order valence-electron chi connectivity index (χ1n) is 30.7. The number of benzene rings is 3. The van der Waals surface area contributed by atoms with E-state index < -0.39 is 37.0 Å². The number of aromatic nitrogens is 3. The normalized spacial score (nSPS) is 24.7. The number of nitro groups is 1. The number of fused-ring (bicyclic) bond motifs is 3. The van der Waals surface area contributed by atoms with Gasteiger partial charge in [-0.2, -0.15) is 4.98 Å². The third-order valence-corrected chi connectivity index (χ3v) is 21.0. The lowest BCUT2D eigenvalue weighted by molar-refractivity contribution is -0.384. The molecule has 456 valence electrons. The van der Waals surface area contributed by atoms with Crippen LogP contribution in [0.3, 0.4) is 0 Å². The number of nitrogens with one attached hydrogen (secondary N) is 3. The number of carbonyl (C=O) groups is 1. The van der Waals surface area contributed by atoms with Crippen LogP contribution in [0.4, 0.5) is 34.3 Å². The van der Waals surface area contributed by atoms with Crippen molar-refractivity contribution in [1.82, 2.24) is 29.5 Å². The number of sulfonamides is 1. The van der Waals surface area contributed by atoms with Crippen LogP contribution in [-0.2, 0) is 26.0 Å². The zero-order valence-electron chi connectivity index (χ0n) is 49.4. The van der Waals surface area contributed by atoms with Gasteiger partial charge in [-0.05, 0) is 142 Å². The van der Waals surface area contributed by atoms with Gasteiger partial charge in [-0.3, -0.25) is 24.7 Å². The fourth-order valence-electron chi connectivity index (χ4n) is 14.6. The van der Waals surface area contributed by atoms with Gasteiger partial charge in [0, 0.05) is 119 Å². The smallest absolute Gasteiger partial charge is 0.293 e. The summed E-state index contributed by atoms with van der Waals surface area (Å²) in [5.41, 5.74) is 5.81. The van der Waals surface area contributed by atoms with E-state index in [-0.39, 0.29) is 40.6 Å². The molecular formula is C64H79N11O10S. The first-order valence-corrected chi connectivity index (χ1v) is 32.2. The molecule has 1 spiro atoms. The van der Waals surface area contributed by atoms with Crippen molar-refractivity contribution in [3.8, 4) is 11.6 Å². The molecule has 21 nitrogen and oxygen atoms in total. The summed E-state index contributed by atoms with van der Waals surface area (Å²) in [4.78, 5) is 51.4. The monoisotopic (exact) mass is 1190 g/mol. The number of nitrogens with zero attached hydrogens (tertiary/aromatic N) is 8. The first-order chi connectivity index (χ1) is 41.6. The number of carbonyl (C=O) groups excluding carboxylic acids is 1. The Morgan fingerprint density at radius 1 is 0.895 bits per heavy atom. The Kier molecular flexibility index (Phi) is 16.1. The van der Waals surface area contributed by atoms with Crippen molar-refractivity contribution in [2.45, 2.75) is 107 Å². The molecule has 6 fully saturated rings. The summed E-state index contributed by atoms with van der Waals surface area (Å²) in [5, 5.41) is 26.9. The molecule has 0 radical (unpaired) electrons. The van der Waals surface area contributed by atoms with Gasteiger partial charge in [0.05, 0.1) is 60.2 Å². The maximum Gasteiger partial charge on any atom is 0.293 e. The predicted molar refractivity (Wildman–Crippen MR) is 328 cm³/mol. The van der Waals surface area contributed by atoms with E-state index in [4.69, 9.17) is 28.9 Å². The number of piperazine rings is 1. The molecule has 22 heteroatoms. The fourth-order valence-corrected chi connectivity index (χ4v) is 15.6.